The minimum atomic E-state index is 0.529. The average Bonchev–Trinajstić information content (AvgIpc) is 3.20. The first kappa shape index (κ1) is 11.5. The van der Waals surface area contributed by atoms with Crippen molar-refractivity contribution in [2.45, 2.75) is 25.7 Å². The molecule has 4 nitrogen and oxygen atoms in total. The Labute approximate surface area is 116 Å². The van der Waals surface area contributed by atoms with Gasteiger partial charge >= 0.3 is 0 Å². The maximum absolute atomic E-state index is 5.94. The van der Waals surface area contributed by atoms with E-state index in [2.05, 4.69) is 4.98 Å². The van der Waals surface area contributed by atoms with Gasteiger partial charge in [0.2, 0.25) is 0 Å². The van der Waals surface area contributed by atoms with Gasteiger partial charge in [-0.3, -0.25) is 0 Å². The fourth-order valence-electron chi connectivity index (χ4n) is 2.63. The minimum absolute atomic E-state index is 0.529. The molecule has 0 spiro atoms. The molecule has 0 bridgehead atoms. The van der Waals surface area contributed by atoms with Gasteiger partial charge < -0.3 is 10.2 Å². The second-order valence-electron chi connectivity index (χ2n) is 5.34. The molecule has 0 amide bonds. The fraction of sp³-hybridized carbons (Fsp3) is 0.250. The van der Waals surface area contributed by atoms with Crippen molar-refractivity contribution in [2.24, 2.45) is 0 Å². The van der Waals surface area contributed by atoms with Crippen LogP contribution in [-0.4, -0.2) is 9.97 Å². The summed E-state index contributed by atoms with van der Waals surface area (Å²) in [5.41, 5.74) is 8.81. The number of nitrogens with zero attached hydrogens (tertiary/aromatic N) is 2. The number of hydrogen-bond acceptors (Lipinski definition) is 4. The van der Waals surface area contributed by atoms with Crippen LogP contribution in [0.4, 0.5) is 5.82 Å². The van der Waals surface area contributed by atoms with E-state index in [1.165, 1.54) is 12.8 Å². The highest BCUT2D eigenvalue weighted by molar-refractivity contribution is 5.93. The van der Waals surface area contributed by atoms with Gasteiger partial charge in [0.05, 0.1) is 5.56 Å². The van der Waals surface area contributed by atoms with Gasteiger partial charge in [-0.25, -0.2) is 9.97 Å². The molecule has 0 radical (unpaired) electrons. The molecule has 1 aliphatic carbocycles. The van der Waals surface area contributed by atoms with Crippen molar-refractivity contribution in [2.75, 3.05) is 5.73 Å². The number of aryl methyl sites for hydroxylation is 1. The highest BCUT2D eigenvalue weighted by Crippen LogP contribution is 2.41. The molecular weight excluding hydrogens is 250 g/mol. The molecular formula is C16H15N3O. The summed E-state index contributed by atoms with van der Waals surface area (Å²) >= 11 is 0. The van der Waals surface area contributed by atoms with Gasteiger partial charge in [0, 0.05) is 23.1 Å². The molecule has 100 valence electrons. The van der Waals surface area contributed by atoms with E-state index in [0.717, 1.165) is 28.0 Å². The van der Waals surface area contributed by atoms with Gasteiger partial charge in [0.1, 0.15) is 17.2 Å². The Kier molecular flexibility index (Phi) is 2.33. The van der Waals surface area contributed by atoms with Crippen LogP contribution < -0.4 is 5.73 Å². The van der Waals surface area contributed by atoms with Crippen LogP contribution in [0.15, 0.2) is 34.7 Å². The number of hydrogen-bond donors (Lipinski definition) is 1. The molecule has 1 aliphatic rings. The summed E-state index contributed by atoms with van der Waals surface area (Å²) in [5, 5.41) is 1.04. The van der Waals surface area contributed by atoms with Crippen LogP contribution in [-0.2, 0) is 0 Å². The molecule has 2 N–H and O–H groups in total. The number of fused-ring (bicyclic) bond motifs is 1. The molecule has 1 fully saturated rings. The highest BCUT2D eigenvalue weighted by atomic mass is 16.3. The molecule has 0 unspecified atom stereocenters. The van der Waals surface area contributed by atoms with E-state index in [4.69, 9.17) is 15.1 Å². The predicted octanol–water partition coefficient (Wildman–Crippen LogP) is 3.66. The van der Waals surface area contributed by atoms with Gasteiger partial charge in [-0.05, 0) is 25.8 Å². The van der Waals surface area contributed by atoms with Gasteiger partial charge in [-0.15, -0.1) is 0 Å². The number of rotatable bonds is 2. The molecule has 4 heteroatoms. The normalized spacial score (nSPS) is 14.8. The van der Waals surface area contributed by atoms with Crippen LogP contribution in [0.5, 0.6) is 0 Å². The monoisotopic (exact) mass is 265 g/mol. The Morgan fingerprint density at radius 1 is 1.20 bits per heavy atom. The topological polar surface area (TPSA) is 64.9 Å². The predicted molar refractivity (Wildman–Crippen MR) is 78.4 cm³/mol. The first-order valence-corrected chi connectivity index (χ1v) is 6.85. The SMILES string of the molecule is Cc1oc2ccccc2c1-c1nc(N)cc(C2CC2)n1. The van der Waals surface area contributed by atoms with Crippen LogP contribution >= 0.6 is 0 Å². The largest absolute Gasteiger partial charge is 0.461 e. The molecule has 4 rings (SSSR count). The number of para-hydroxylation sites is 1. The Hall–Kier alpha value is -2.36. The van der Waals surface area contributed by atoms with Crippen LogP contribution in [0, 0.1) is 6.92 Å². The lowest BCUT2D eigenvalue weighted by Gasteiger charge is -2.04. The molecule has 1 aromatic carbocycles. The fourth-order valence-corrected chi connectivity index (χ4v) is 2.63. The second kappa shape index (κ2) is 4.07. The standard InChI is InChI=1S/C16H15N3O/c1-9-15(11-4-2-3-5-13(11)20-9)16-18-12(10-6-7-10)8-14(17)19-16/h2-5,8,10H,6-7H2,1H3,(H2,17,18,19). The van der Waals surface area contributed by atoms with Crippen LogP contribution in [0.1, 0.15) is 30.2 Å². The summed E-state index contributed by atoms with van der Waals surface area (Å²) in [4.78, 5) is 9.10. The number of aromatic nitrogens is 2. The lowest BCUT2D eigenvalue weighted by atomic mass is 10.1. The molecule has 0 atom stereocenters. The second-order valence-corrected chi connectivity index (χ2v) is 5.34. The van der Waals surface area contributed by atoms with Crippen LogP contribution in [0.3, 0.4) is 0 Å². The molecule has 0 saturated heterocycles. The van der Waals surface area contributed by atoms with Crippen molar-refractivity contribution in [3.8, 4) is 11.4 Å². The molecule has 0 aliphatic heterocycles. The van der Waals surface area contributed by atoms with Gasteiger partial charge in [-0.2, -0.15) is 0 Å². The zero-order valence-electron chi connectivity index (χ0n) is 11.3. The van der Waals surface area contributed by atoms with Gasteiger partial charge in [0.25, 0.3) is 0 Å². The summed E-state index contributed by atoms with van der Waals surface area (Å²) in [6.45, 7) is 1.94. The van der Waals surface area contributed by atoms with Crippen molar-refractivity contribution in [1.82, 2.24) is 9.97 Å². The van der Waals surface area contributed by atoms with Crippen molar-refractivity contribution in [3.05, 3.63) is 41.8 Å². The zero-order valence-corrected chi connectivity index (χ0v) is 11.3. The third-order valence-electron chi connectivity index (χ3n) is 3.76. The summed E-state index contributed by atoms with van der Waals surface area (Å²) in [6.07, 6.45) is 2.39. The number of nitrogens with two attached hydrogens (primary N) is 1. The first-order chi connectivity index (χ1) is 9.72. The van der Waals surface area contributed by atoms with E-state index in [1.54, 1.807) is 0 Å². The molecule has 1 saturated carbocycles. The Balaban J connectivity index is 1.96. The van der Waals surface area contributed by atoms with Crippen molar-refractivity contribution < 1.29 is 4.42 Å². The summed E-state index contributed by atoms with van der Waals surface area (Å²) < 4.78 is 5.79. The zero-order chi connectivity index (χ0) is 13.7. The molecule has 20 heavy (non-hydrogen) atoms. The molecule has 3 aromatic rings. The number of anilines is 1. The molecule has 2 aromatic heterocycles. The lowest BCUT2D eigenvalue weighted by Crippen LogP contribution is -1.99. The number of benzene rings is 1. The van der Waals surface area contributed by atoms with E-state index in [9.17, 15) is 0 Å². The Bertz CT molecular complexity index is 803. The van der Waals surface area contributed by atoms with E-state index in [-0.39, 0.29) is 0 Å². The number of furan rings is 1. The van der Waals surface area contributed by atoms with E-state index in [1.807, 2.05) is 37.3 Å². The van der Waals surface area contributed by atoms with Crippen LogP contribution in [0.25, 0.3) is 22.4 Å². The summed E-state index contributed by atoms with van der Waals surface area (Å²) in [6, 6.07) is 9.84. The van der Waals surface area contributed by atoms with E-state index in [0.29, 0.717) is 17.6 Å². The first-order valence-electron chi connectivity index (χ1n) is 6.85. The lowest BCUT2D eigenvalue weighted by molar-refractivity contribution is 0.579. The van der Waals surface area contributed by atoms with Crippen molar-refractivity contribution >= 4 is 16.8 Å². The quantitative estimate of drug-likeness (QED) is 0.768. The van der Waals surface area contributed by atoms with E-state index >= 15 is 0 Å². The Morgan fingerprint density at radius 3 is 2.80 bits per heavy atom. The van der Waals surface area contributed by atoms with Gasteiger partial charge in [-0.1, -0.05) is 18.2 Å². The maximum Gasteiger partial charge on any atom is 0.165 e. The minimum Gasteiger partial charge on any atom is -0.461 e. The maximum atomic E-state index is 5.94. The smallest absolute Gasteiger partial charge is 0.165 e. The van der Waals surface area contributed by atoms with Crippen molar-refractivity contribution in [1.29, 1.82) is 0 Å². The third kappa shape index (κ3) is 1.76. The summed E-state index contributed by atoms with van der Waals surface area (Å²) in [5.74, 6) is 2.59. The average molecular weight is 265 g/mol. The van der Waals surface area contributed by atoms with E-state index < -0.39 is 0 Å². The third-order valence-corrected chi connectivity index (χ3v) is 3.76. The van der Waals surface area contributed by atoms with Crippen molar-refractivity contribution in [3.63, 3.8) is 0 Å². The highest BCUT2D eigenvalue weighted by Gasteiger charge is 2.27. The Morgan fingerprint density at radius 2 is 2.00 bits per heavy atom. The molecule has 2 heterocycles. The van der Waals surface area contributed by atoms with Crippen LogP contribution in [0.2, 0.25) is 0 Å². The summed E-state index contributed by atoms with van der Waals surface area (Å²) in [7, 11) is 0. The number of nitrogen functional groups attached to an aromatic ring is 1. The van der Waals surface area contributed by atoms with Gasteiger partial charge in [0.15, 0.2) is 5.82 Å².